The SMILES string of the molecule is CCSC(c1ccccc1)N(CC)CC. The van der Waals surface area contributed by atoms with Gasteiger partial charge in [0.2, 0.25) is 0 Å². The summed E-state index contributed by atoms with van der Waals surface area (Å²) in [5.41, 5.74) is 1.42. The first-order valence-corrected chi connectivity index (χ1v) is 6.78. The van der Waals surface area contributed by atoms with Gasteiger partial charge in [-0.15, -0.1) is 11.8 Å². The molecule has 0 heterocycles. The van der Waals surface area contributed by atoms with Crippen LogP contribution in [0.2, 0.25) is 0 Å². The monoisotopic (exact) mass is 223 g/mol. The van der Waals surface area contributed by atoms with E-state index < -0.39 is 0 Å². The molecule has 1 unspecified atom stereocenters. The van der Waals surface area contributed by atoms with Crippen LogP contribution in [-0.2, 0) is 0 Å². The molecule has 1 rings (SSSR count). The van der Waals surface area contributed by atoms with E-state index in [9.17, 15) is 0 Å². The lowest BCUT2D eigenvalue weighted by atomic mass is 10.2. The van der Waals surface area contributed by atoms with Crippen LogP contribution in [0.3, 0.4) is 0 Å². The minimum Gasteiger partial charge on any atom is -0.288 e. The summed E-state index contributed by atoms with van der Waals surface area (Å²) < 4.78 is 0. The number of nitrogens with zero attached hydrogens (tertiary/aromatic N) is 1. The highest BCUT2D eigenvalue weighted by Crippen LogP contribution is 2.31. The number of benzene rings is 1. The Bertz CT molecular complexity index is 256. The third-order valence-corrected chi connectivity index (χ3v) is 3.77. The summed E-state index contributed by atoms with van der Waals surface area (Å²) in [5.74, 6) is 1.16. The van der Waals surface area contributed by atoms with E-state index in [4.69, 9.17) is 0 Å². The Balaban J connectivity index is 2.81. The fourth-order valence-corrected chi connectivity index (χ4v) is 2.92. The fraction of sp³-hybridized carbons (Fsp3) is 0.538. The molecule has 0 aliphatic rings. The first kappa shape index (κ1) is 12.6. The smallest absolute Gasteiger partial charge is 0.0814 e. The lowest BCUT2D eigenvalue weighted by molar-refractivity contribution is 0.287. The second kappa shape index (κ2) is 6.91. The van der Waals surface area contributed by atoms with Crippen LogP contribution in [-0.4, -0.2) is 23.7 Å². The lowest BCUT2D eigenvalue weighted by Crippen LogP contribution is -2.26. The highest BCUT2D eigenvalue weighted by atomic mass is 32.2. The van der Waals surface area contributed by atoms with E-state index in [1.807, 2.05) is 11.8 Å². The van der Waals surface area contributed by atoms with Crippen molar-refractivity contribution in [2.75, 3.05) is 18.8 Å². The van der Waals surface area contributed by atoms with Crippen LogP contribution in [0.1, 0.15) is 31.7 Å². The van der Waals surface area contributed by atoms with Crippen molar-refractivity contribution in [2.45, 2.75) is 26.1 Å². The molecular weight excluding hydrogens is 202 g/mol. The first-order valence-electron chi connectivity index (χ1n) is 5.74. The summed E-state index contributed by atoms with van der Waals surface area (Å²) in [5, 5.41) is 0.520. The molecule has 0 aliphatic carbocycles. The molecule has 0 radical (unpaired) electrons. The van der Waals surface area contributed by atoms with E-state index in [0.29, 0.717) is 5.37 Å². The zero-order valence-corrected chi connectivity index (χ0v) is 10.8. The maximum Gasteiger partial charge on any atom is 0.0814 e. The minimum atomic E-state index is 0.520. The molecule has 1 aromatic carbocycles. The zero-order chi connectivity index (χ0) is 11.1. The van der Waals surface area contributed by atoms with Gasteiger partial charge in [-0.1, -0.05) is 51.1 Å². The molecule has 0 aliphatic heterocycles. The summed E-state index contributed by atoms with van der Waals surface area (Å²) in [6.07, 6.45) is 0. The maximum atomic E-state index is 2.50. The van der Waals surface area contributed by atoms with Gasteiger partial charge < -0.3 is 0 Å². The molecule has 1 atom stereocenters. The number of thioether (sulfide) groups is 1. The van der Waals surface area contributed by atoms with Gasteiger partial charge in [0.15, 0.2) is 0 Å². The molecule has 1 aromatic rings. The Morgan fingerprint density at radius 1 is 1.07 bits per heavy atom. The summed E-state index contributed by atoms with van der Waals surface area (Å²) in [6.45, 7) is 8.92. The van der Waals surface area contributed by atoms with E-state index in [0.717, 1.165) is 18.8 Å². The summed E-state index contributed by atoms with van der Waals surface area (Å²) in [7, 11) is 0. The number of hydrogen-bond donors (Lipinski definition) is 0. The Hall–Kier alpha value is -0.470. The second-order valence-corrected chi connectivity index (χ2v) is 4.80. The van der Waals surface area contributed by atoms with Crippen LogP contribution in [0.4, 0.5) is 0 Å². The van der Waals surface area contributed by atoms with Crippen molar-refractivity contribution in [3.8, 4) is 0 Å². The van der Waals surface area contributed by atoms with Crippen LogP contribution in [0.5, 0.6) is 0 Å². The fourth-order valence-electron chi connectivity index (χ4n) is 1.74. The van der Waals surface area contributed by atoms with Crippen LogP contribution < -0.4 is 0 Å². The third-order valence-electron chi connectivity index (χ3n) is 2.55. The molecule has 84 valence electrons. The van der Waals surface area contributed by atoms with Crippen LogP contribution in [0, 0.1) is 0 Å². The van der Waals surface area contributed by atoms with Crippen molar-refractivity contribution >= 4 is 11.8 Å². The average Bonchev–Trinajstić information content (AvgIpc) is 2.30. The molecule has 1 nitrogen and oxygen atoms in total. The molecule has 0 bridgehead atoms. The lowest BCUT2D eigenvalue weighted by Gasteiger charge is -2.29. The minimum absolute atomic E-state index is 0.520. The van der Waals surface area contributed by atoms with Gasteiger partial charge in [-0.2, -0.15) is 0 Å². The van der Waals surface area contributed by atoms with Crippen LogP contribution in [0.25, 0.3) is 0 Å². The Kier molecular flexibility index (Phi) is 5.81. The molecule has 0 spiro atoms. The standard InChI is InChI=1S/C13H21NS/c1-4-14(5-2)13(15-6-3)12-10-8-7-9-11-12/h7-11,13H,4-6H2,1-3H3. The van der Waals surface area contributed by atoms with Gasteiger partial charge >= 0.3 is 0 Å². The van der Waals surface area contributed by atoms with Crippen molar-refractivity contribution < 1.29 is 0 Å². The topological polar surface area (TPSA) is 3.24 Å². The molecule has 0 N–H and O–H groups in total. The van der Waals surface area contributed by atoms with Gasteiger partial charge in [0.1, 0.15) is 0 Å². The highest BCUT2D eigenvalue weighted by molar-refractivity contribution is 7.99. The van der Waals surface area contributed by atoms with Gasteiger partial charge in [-0.3, -0.25) is 4.90 Å². The van der Waals surface area contributed by atoms with Crippen molar-refractivity contribution in [1.29, 1.82) is 0 Å². The maximum absolute atomic E-state index is 2.50. The van der Waals surface area contributed by atoms with Gasteiger partial charge in [0, 0.05) is 0 Å². The molecule has 0 aromatic heterocycles. The molecule has 0 amide bonds. The summed E-state index contributed by atoms with van der Waals surface area (Å²) >= 11 is 2.01. The predicted molar refractivity (Wildman–Crippen MR) is 70.2 cm³/mol. The normalized spacial score (nSPS) is 13.1. The van der Waals surface area contributed by atoms with Crippen molar-refractivity contribution in [3.63, 3.8) is 0 Å². The molecular formula is C13H21NS. The van der Waals surface area contributed by atoms with Gasteiger partial charge in [-0.25, -0.2) is 0 Å². The van der Waals surface area contributed by atoms with E-state index in [2.05, 4.69) is 56.0 Å². The molecule has 2 heteroatoms. The van der Waals surface area contributed by atoms with E-state index in [1.165, 1.54) is 5.56 Å². The largest absolute Gasteiger partial charge is 0.288 e. The highest BCUT2D eigenvalue weighted by Gasteiger charge is 2.16. The summed E-state index contributed by atoms with van der Waals surface area (Å²) in [6, 6.07) is 10.8. The average molecular weight is 223 g/mol. The summed E-state index contributed by atoms with van der Waals surface area (Å²) in [4.78, 5) is 2.50. The molecule has 0 saturated heterocycles. The Labute approximate surface area is 97.9 Å². The van der Waals surface area contributed by atoms with E-state index in [1.54, 1.807) is 0 Å². The third kappa shape index (κ3) is 3.54. The number of rotatable bonds is 6. The molecule has 15 heavy (non-hydrogen) atoms. The quantitative estimate of drug-likeness (QED) is 0.675. The van der Waals surface area contributed by atoms with Crippen molar-refractivity contribution in [1.82, 2.24) is 4.90 Å². The zero-order valence-electron chi connectivity index (χ0n) is 9.94. The van der Waals surface area contributed by atoms with Crippen LogP contribution >= 0.6 is 11.8 Å². The van der Waals surface area contributed by atoms with Gasteiger partial charge in [0.05, 0.1) is 5.37 Å². The Morgan fingerprint density at radius 3 is 2.13 bits per heavy atom. The van der Waals surface area contributed by atoms with Crippen LogP contribution in [0.15, 0.2) is 30.3 Å². The Morgan fingerprint density at radius 2 is 1.67 bits per heavy atom. The second-order valence-electron chi connectivity index (χ2n) is 3.44. The first-order chi connectivity index (χ1) is 7.33. The van der Waals surface area contributed by atoms with E-state index >= 15 is 0 Å². The molecule has 0 saturated carbocycles. The molecule has 0 fully saturated rings. The predicted octanol–water partition coefficient (Wildman–Crippen LogP) is 3.78. The van der Waals surface area contributed by atoms with Crippen molar-refractivity contribution in [3.05, 3.63) is 35.9 Å². The van der Waals surface area contributed by atoms with Gasteiger partial charge in [0.25, 0.3) is 0 Å². The van der Waals surface area contributed by atoms with E-state index in [-0.39, 0.29) is 0 Å². The number of hydrogen-bond acceptors (Lipinski definition) is 2. The van der Waals surface area contributed by atoms with Gasteiger partial charge in [-0.05, 0) is 24.4 Å². The van der Waals surface area contributed by atoms with Crippen molar-refractivity contribution in [2.24, 2.45) is 0 Å².